The Balaban J connectivity index is 1.98. The van der Waals surface area contributed by atoms with Crippen molar-refractivity contribution in [3.05, 3.63) is 46.2 Å². The number of hydrogen-bond donors (Lipinski definition) is 0. The molecule has 0 aromatic heterocycles. The van der Waals surface area contributed by atoms with Crippen molar-refractivity contribution in [2.24, 2.45) is 0 Å². The molecule has 0 N–H and O–H groups in total. The lowest BCUT2D eigenvalue weighted by atomic mass is 10.1. The van der Waals surface area contributed by atoms with E-state index in [4.69, 9.17) is 0 Å². The SMILES string of the molecule is CN(C)c1ccc(/C=C/C(=O)C=C2SCCS2)cc1. The largest absolute Gasteiger partial charge is 0.378 e. The van der Waals surface area contributed by atoms with Crippen LogP contribution in [0.25, 0.3) is 6.08 Å². The van der Waals surface area contributed by atoms with Crippen LogP contribution in [0.2, 0.25) is 0 Å². The molecule has 2 nitrogen and oxygen atoms in total. The molecule has 1 aliphatic rings. The summed E-state index contributed by atoms with van der Waals surface area (Å²) in [4.78, 5) is 13.8. The molecule has 1 aromatic carbocycles. The van der Waals surface area contributed by atoms with Crippen LogP contribution in [0.1, 0.15) is 5.56 Å². The maximum atomic E-state index is 11.7. The molecule has 1 saturated heterocycles. The first kappa shape index (κ1) is 14.3. The second-order valence-electron chi connectivity index (χ2n) is 4.38. The first-order valence-corrected chi connectivity index (χ1v) is 8.09. The third kappa shape index (κ3) is 4.48. The Morgan fingerprint density at radius 3 is 2.37 bits per heavy atom. The maximum Gasteiger partial charge on any atom is 0.180 e. The van der Waals surface area contributed by atoms with Crippen LogP contribution >= 0.6 is 23.5 Å². The minimum atomic E-state index is 0.0635. The monoisotopic (exact) mass is 291 g/mol. The van der Waals surface area contributed by atoms with Crippen molar-refractivity contribution in [2.45, 2.75) is 0 Å². The molecule has 1 heterocycles. The van der Waals surface area contributed by atoms with Crippen molar-refractivity contribution in [2.75, 3.05) is 30.5 Å². The van der Waals surface area contributed by atoms with E-state index in [-0.39, 0.29) is 5.78 Å². The second kappa shape index (κ2) is 6.87. The fourth-order valence-electron chi connectivity index (χ4n) is 1.64. The van der Waals surface area contributed by atoms with Crippen LogP contribution in [-0.4, -0.2) is 31.4 Å². The van der Waals surface area contributed by atoms with E-state index in [2.05, 4.69) is 4.90 Å². The average molecular weight is 291 g/mol. The van der Waals surface area contributed by atoms with Gasteiger partial charge in [-0.15, -0.1) is 23.5 Å². The van der Waals surface area contributed by atoms with Crippen LogP contribution in [-0.2, 0) is 4.79 Å². The standard InChI is InChI=1S/C15H17NOS2/c1-16(2)13-6-3-12(4-7-13)5-8-14(17)11-15-18-9-10-19-15/h3-8,11H,9-10H2,1-2H3/b8-5+. The Hall–Kier alpha value is -1.13. The Morgan fingerprint density at radius 1 is 1.16 bits per heavy atom. The third-order valence-corrected chi connectivity index (χ3v) is 5.27. The molecule has 1 aliphatic heterocycles. The van der Waals surface area contributed by atoms with E-state index < -0.39 is 0 Å². The third-order valence-electron chi connectivity index (χ3n) is 2.68. The molecule has 0 saturated carbocycles. The summed E-state index contributed by atoms with van der Waals surface area (Å²) in [7, 11) is 4.02. The van der Waals surface area contributed by atoms with Crippen molar-refractivity contribution in [1.29, 1.82) is 0 Å². The predicted octanol–water partition coefficient (Wildman–Crippen LogP) is 3.66. The second-order valence-corrected chi connectivity index (χ2v) is 6.91. The lowest BCUT2D eigenvalue weighted by molar-refractivity contribution is -0.110. The van der Waals surface area contributed by atoms with Crippen LogP contribution in [0.3, 0.4) is 0 Å². The highest BCUT2D eigenvalue weighted by molar-refractivity contribution is 8.25. The van der Waals surface area contributed by atoms with E-state index in [1.54, 1.807) is 35.7 Å². The molecule has 4 heteroatoms. The van der Waals surface area contributed by atoms with E-state index in [1.807, 2.05) is 44.4 Å². The number of benzene rings is 1. The maximum absolute atomic E-state index is 11.7. The highest BCUT2D eigenvalue weighted by atomic mass is 32.2. The van der Waals surface area contributed by atoms with Crippen LogP contribution in [0.5, 0.6) is 0 Å². The zero-order valence-corrected chi connectivity index (χ0v) is 12.8. The lowest BCUT2D eigenvalue weighted by Crippen LogP contribution is -2.07. The van der Waals surface area contributed by atoms with Gasteiger partial charge in [0.1, 0.15) is 0 Å². The Kier molecular flexibility index (Phi) is 5.16. The van der Waals surface area contributed by atoms with Crippen LogP contribution in [0, 0.1) is 0 Å². The molecule has 2 rings (SSSR count). The zero-order valence-electron chi connectivity index (χ0n) is 11.1. The Morgan fingerprint density at radius 2 is 1.79 bits per heavy atom. The number of carbonyl (C=O) groups excluding carboxylic acids is 1. The average Bonchev–Trinajstić information content (AvgIpc) is 2.89. The molecule has 19 heavy (non-hydrogen) atoms. The Labute approximate surface area is 122 Å². The Bertz CT molecular complexity index is 495. The minimum absolute atomic E-state index is 0.0635. The predicted molar refractivity (Wildman–Crippen MR) is 87.8 cm³/mol. The van der Waals surface area contributed by atoms with Crippen molar-refractivity contribution >= 4 is 41.1 Å². The smallest absolute Gasteiger partial charge is 0.180 e. The number of thioether (sulfide) groups is 2. The number of anilines is 1. The van der Waals surface area contributed by atoms with Gasteiger partial charge in [0.05, 0.1) is 0 Å². The molecule has 1 fully saturated rings. The van der Waals surface area contributed by atoms with Gasteiger partial charge in [0.25, 0.3) is 0 Å². The van der Waals surface area contributed by atoms with Gasteiger partial charge in [-0.2, -0.15) is 0 Å². The normalized spacial score (nSPS) is 14.9. The van der Waals surface area contributed by atoms with Gasteiger partial charge < -0.3 is 4.90 Å². The zero-order chi connectivity index (χ0) is 13.7. The van der Waals surface area contributed by atoms with Gasteiger partial charge in [0, 0.05) is 41.6 Å². The van der Waals surface area contributed by atoms with E-state index in [9.17, 15) is 4.79 Å². The fourth-order valence-corrected chi connectivity index (χ4v) is 3.94. The number of nitrogens with zero attached hydrogens (tertiary/aromatic N) is 1. The summed E-state index contributed by atoms with van der Waals surface area (Å²) < 4.78 is 1.14. The molecular weight excluding hydrogens is 274 g/mol. The van der Waals surface area contributed by atoms with Gasteiger partial charge >= 0.3 is 0 Å². The van der Waals surface area contributed by atoms with E-state index in [1.165, 1.54) is 0 Å². The molecule has 1 aromatic rings. The van der Waals surface area contributed by atoms with Crippen LogP contribution < -0.4 is 4.90 Å². The first-order valence-electron chi connectivity index (χ1n) is 6.12. The van der Waals surface area contributed by atoms with E-state index >= 15 is 0 Å². The van der Waals surface area contributed by atoms with Crippen LogP contribution in [0.4, 0.5) is 5.69 Å². The van der Waals surface area contributed by atoms with E-state index in [0.717, 1.165) is 27.0 Å². The van der Waals surface area contributed by atoms with Gasteiger partial charge in [-0.05, 0) is 23.8 Å². The summed E-state index contributed by atoms with van der Waals surface area (Å²) in [5.41, 5.74) is 2.20. The van der Waals surface area contributed by atoms with Crippen LogP contribution in [0.15, 0.2) is 40.7 Å². The number of rotatable bonds is 4. The van der Waals surface area contributed by atoms with Gasteiger partial charge in [0.15, 0.2) is 5.78 Å². The number of ketones is 1. The number of carbonyl (C=O) groups is 1. The van der Waals surface area contributed by atoms with Crippen molar-refractivity contribution in [1.82, 2.24) is 0 Å². The first-order chi connectivity index (χ1) is 9.15. The van der Waals surface area contributed by atoms with Crippen molar-refractivity contribution in [3.8, 4) is 0 Å². The molecule has 0 atom stereocenters. The summed E-state index contributed by atoms with van der Waals surface area (Å²) in [6.07, 6.45) is 5.23. The summed E-state index contributed by atoms with van der Waals surface area (Å²) >= 11 is 3.52. The minimum Gasteiger partial charge on any atom is -0.378 e. The molecule has 0 unspecified atom stereocenters. The molecule has 0 bridgehead atoms. The number of hydrogen-bond acceptors (Lipinski definition) is 4. The summed E-state index contributed by atoms with van der Waals surface area (Å²) in [5, 5.41) is 0. The molecule has 100 valence electrons. The molecule has 0 amide bonds. The topological polar surface area (TPSA) is 20.3 Å². The van der Waals surface area contributed by atoms with Gasteiger partial charge in [-0.25, -0.2) is 0 Å². The quantitative estimate of drug-likeness (QED) is 0.789. The molecule has 0 aliphatic carbocycles. The van der Waals surface area contributed by atoms with E-state index in [0.29, 0.717) is 0 Å². The highest BCUT2D eigenvalue weighted by Crippen LogP contribution is 2.35. The number of allylic oxidation sites excluding steroid dienone is 2. The summed E-state index contributed by atoms with van der Waals surface area (Å²) in [5.74, 6) is 2.28. The fraction of sp³-hybridized carbons (Fsp3) is 0.267. The lowest BCUT2D eigenvalue weighted by Gasteiger charge is -2.11. The van der Waals surface area contributed by atoms with Gasteiger partial charge in [-0.1, -0.05) is 18.2 Å². The van der Waals surface area contributed by atoms with Crippen molar-refractivity contribution < 1.29 is 4.79 Å². The van der Waals surface area contributed by atoms with Crippen molar-refractivity contribution in [3.63, 3.8) is 0 Å². The molecule has 0 radical (unpaired) electrons. The van der Waals surface area contributed by atoms with Gasteiger partial charge in [-0.3, -0.25) is 4.79 Å². The highest BCUT2D eigenvalue weighted by Gasteiger charge is 2.08. The molecular formula is C15H17NOS2. The molecule has 0 spiro atoms. The summed E-state index contributed by atoms with van der Waals surface area (Å²) in [6.45, 7) is 0. The van der Waals surface area contributed by atoms with Gasteiger partial charge in [0.2, 0.25) is 0 Å². The summed E-state index contributed by atoms with van der Waals surface area (Å²) in [6, 6.07) is 8.13.